The summed E-state index contributed by atoms with van der Waals surface area (Å²) in [5, 5.41) is 7.77. The highest BCUT2D eigenvalue weighted by molar-refractivity contribution is 9.10. The number of halogens is 2. The molecule has 1 aromatic carbocycles. The Bertz CT molecular complexity index is 832. The van der Waals surface area contributed by atoms with Crippen molar-refractivity contribution in [1.82, 2.24) is 14.8 Å². The van der Waals surface area contributed by atoms with Gasteiger partial charge in [0.1, 0.15) is 5.82 Å². The highest BCUT2D eigenvalue weighted by Crippen LogP contribution is 2.15. The number of nitrogens with one attached hydrogen (secondary N) is 1. The summed E-state index contributed by atoms with van der Waals surface area (Å²) < 4.78 is 2.46. The van der Waals surface area contributed by atoms with Crippen LogP contribution in [0.3, 0.4) is 0 Å². The van der Waals surface area contributed by atoms with Crippen molar-refractivity contribution in [2.75, 3.05) is 5.32 Å². The predicted octanol–water partition coefficient (Wildman–Crippen LogP) is 3.99. The minimum atomic E-state index is -0.239. The minimum Gasteiger partial charge on any atom is -0.307 e. The second-order valence-corrected chi connectivity index (χ2v) is 6.20. The van der Waals surface area contributed by atoms with Crippen LogP contribution in [-0.2, 0) is 6.54 Å². The van der Waals surface area contributed by atoms with E-state index in [0.29, 0.717) is 22.9 Å². The van der Waals surface area contributed by atoms with Gasteiger partial charge in [0, 0.05) is 28.0 Å². The van der Waals surface area contributed by atoms with Gasteiger partial charge in [-0.2, -0.15) is 5.10 Å². The van der Waals surface area contributed by atoms with Gasteiger partial charge in [-0.3, -0.25) is 9.78 Å². The molecule has 1 amide bonds. The standard InChI is InChI=1S/C16H12BrClN4O/c17-13-7-12(8-19-9-13)16(23)21-15-5-6-20-22(15)10-11-1-3-14(18)4-2-11/h1-9H,10H2,(H,21,23). The van der Waals surface area contributed by atoms with Crippen molar-refractivity contribution in [1.29, 1.82) is 0 Å². The number of nitrogens with zero attached hydrogens (tertiary/aromatic N) is 3. The monoisotopic (exact) mass is 390 g/mol. The molecule has 0 aliphatic carbocycles. The van der Waals surface area contributed by atoms with Crippen molar-refractivity contribution in [3.05, 3.63) is 75.6 Å². The van der Waals surface area contributed by atoms with Crippen LogP contribution in [0.2, 0.25) is 5.02 Å². The summed E-state index contributed by atoms with van der Waals surface area (Å²) in [5.74, 6) is 0.376. The summed E-state index contributed by atoms with van der Waals surface area (Å²) >= 11 is 9.19. The lowest BCUT2D eigenvalue weighted by molar-refractivity contribution is 0.102. The smallest absolute Gasteiger partial charge is 0.258 e. The van der Waals surface area contributed by atoms with Crippen LogP contribution in [0, 0.1) is 0 Å². The molecule has 0 aliphatic rings. The zero-order chi connectivity index (χ0) is 16.2. The number of amides is 1. The largest absolute Gasteiger partial charge is 0.307 e. The van der Waals surface area contributed by atoms with Gasteiger partial charge in [0.2, 0.25) is 0 Å². The molecule has 5 nitrogen and oxygen atoms in total. The summed E-state index contributed by atoms with van der Waals surface area (Å²) in [6, 6.07) is 11.0. The molecule has 2 heterocycles. The Morgan fingerprint density at radius 2 is 2.00 bits per heavy atom. The number of rotatable bonds is 4. The average molecular weight is 392 g/mol. The Labute approximate surface area is 146 Å². The number of carbonyl (C=O) groups is 1. The molecule has 0 saturated carbocycles. The number of hydrogen-bond donors (Lipinski definition) is 1. The molecule has 0 unspecified atom stereocenters. The molecule has 3 rings (SSSR count). The van der Waals surface area contributed by atoms with E-state index in [1.165, 1.54) is 6.20 Å². The first-order chi connectivity index (χ1) is 11.1. The van der Waals surface area contributed by atoms with Crippen LogP contribution in [0.25, 0.3) is 0 Å². The Hall–Kier alpha value is -2.18. The SMILES string of the molecule is O=C(Nc1ccnn1Cc1ccc(Cl)cc1)c1cncc(Br)c1. The molecule has 7 heteroatoms. The van der Waals surface area contributed by atoms with E-state index in [9.17, 15) is 4.79 Å². The first-order valence-electron chi connectivity index (χ1n) is 6.80. The van der Waals surface area contributed by atoms with Crippen LogP contribution in [0.15, 0.2) is 59.5 Å². The molecular formula is C16H12BrClN4O. The zero-order valence-electron chi connectivity index (χ0n) is 11.9. The molecule has 2 aromatic heterocycles. The third kappa shape index (κ3) is 3.97. The lowest BCUT2D eigenvalue weighted by Gasteiger charge is -2.09. The van der Waals surface area contributed by atoms with Crippen molar-refractivity contribution >= 4 is 39.3 Å². The fraction of sp³-hybridized carbons (Fsp3) is 0.0625. The van der Waals surface area contributed by atoms with E-state index in [1.807, 2.05) is 24.3 Å². The van der Waals surface area contributed by atoms with E-state index in [-0.39, 0.29) is 5.91 Å². The molecule has 23 heavy (non-hydrogen) atoms. The van der Waals surface area contributed by atoms with Crippen molar-refractivity contribution in [3.63, 3.8) is 0 Å². The van der Waals surface area contributed by atoms with E-state index in [0.717, 1.165) is 10.0 Å². The highest BCUT2D eigenvalue weighted by atomic mass is 79.9. The predicted molar refractivity (Wildman–Crippen MR) is 92.7 cm³/mol. The van der Waals surface area contributed by atoms with E-state index in [1.54, 1.807) is 29.2 Å². The summed E-state index contributed by atoms with van der Waals surface area (Å²) in [6.07, 6.45) is 4.78. The third-order valence-corrected chi connectivity index (χ3v) is 3.86. The average Bonchev–Trinajstić information content (AvgIpc) is 2.96. The Morgan fingerprint density at radius 3 is 2.74 bits per heavy atom. The molecule has 1 N–H and O–H groups in total. The molecule has 0 atom stereocenters. The van der Waals surface area contributed by atoms with Crippen LogP contribution in [0.5, 0.6) is 0 Å². The van der Waals surface area contributed by atoms with Gasteiger partial charge in [0.15, 0.2) is 0 Å². The van der Waals surface area contributed by atoms with E-state index < -0.39 is 0 Å². The van der Waals surface area contributed by atoms with Gasteiger partial charge in [-0.05, 0) is 39.7 Å². The van der Waals surface area contributed by atoms with Crippen molar-refractivity contribution in [3.8, 4) is 0 Å². The van der Waals surface area contributed by atoms with Crippen molar-refractivity contribution in [2.45, 2.75) is 6.54 Å². The van der Waals surface area contributed by atoms with E-state index in [2.05, 4.69) is 31.3 Å². The first-order valence-corrected chi connectivity index (χ1v) is 7.97. The summed E-state index contributed by atoms with van der Waals surface area (Å²) in [7, 11) is 0. The molecule has 0 fully saturated rings. The fourth-order valence-electron chi connectivity index (χ4n) is 2.05. The quantitative estimate of drug-likeness (QED) is 0.731. The minimum absolute atomic E-state index is 0.239. The highest BCUT2D eigenvalue weighted by Gasteiger charge is 2.10. The number of hydrogen-bond acceptors (Lipinski definition) is 3. The topological polar surface area (TPSA) is 59.8 Å². The number of pyridine rings is 1. The van der Waals surface area contributed by atoms with E-state index in [4.69, 9.17) is 11.6 Å². The number of aromatic nitrogens is 3. The lowest BCUT2D eigenvalue weighted by Crippen LogP contribution is -2.16. The van der Waals surface area contributed by atoms with Gasteiger partial charge in [-0.25, -0.2) is 4.68 Å². The number of carbonyl (C=O) groups excluding carboxylic acids is 1. The molecular weight excluding hydrogens is 380 g/mol. The molecule has 0 bridgehead atoms. The van der Waals surface area contributed by atoms with Gasteiger partial charge < -0.3 is 5.32 Å². The van der Waals surface area contributed by atoms with Crippen molar-refractivity contribution in [2.24, 2.45) is 0 Å². The van der Waals surface area contributed by atoms with Gasteiger partial charge >= 0.3 is 0 Å². The molecule has 116 valence electrons. The van der Waals surface area contributed by atoms with E-state index >= 15 is 0 Å². The van der Waals surface area contributed by atoms with Crippen LogP contribution in [-0.4, -0.2) is 20.7 Å². The second-order valence-electron chi connectivity index (χ2n) is 4.85. The summed E-state index contributed by atoms with van der Waals surface area (Å²) in [5.41, 5.74) is 1.51. The van der Waals surface area contributed by atoms with Crippen LogP contribution in [0.1, 0.15) is 15.9 Å². The van der Waals surface area contributed by atoms with Gasteiger partial charge in [-0.1, -0.05) is 23.7 Å². The molecule has 0 saturated heterocycles. The van der Waals surface area contributed by atoms with Crippen molar-refractivity contribution < 1.29 is 4.79 Å². The molecule has 0 spiro atoms. The normalized spacial score (nSPS) is 10.5. The first kappa shape index (κ1) is 15.7. The maximum Gasteiger partial charge on any atom is 0.258 e. The Balaban J connectivity index is 1.75. The van der Waals surface area contributed by atoms with Gasteiger partial charge in [0.25, 0.3) is 5.91 Å². The molecule has 3 aromatic rings. The second kappa shape index (κ2) is 6.93. The molecule has 0 radical (unpaired) electrons. The Morgan fingerprint density at radius 1 is 1.22 bits per heavy atom. The number of anilines is 1. The third-order valence-electron chi connectivity index (χ3n) is 3.17. The van der Waals surface area contributed by atoms with Crippen LogP contribution in [0.4, 0.5) is 5.82 Å². The van der Waals surface area contributed by atoms with Gasteiger partial charge in [0.05, 0.1) is 18.3 Å². The Kier molecular flexibility index (Phi) is 4.73. The summed E-state index contributed by atoms with van der Waals surface area (Å²) in [4.78, 5) is 16.3. The lowest BCUT2D eigenvalue weighted by atomic mass is 10.2. The summed E-state index contributed by atoms with van der Waals surface area (Å²) in [6.45, 7) is 0.538. The molecule has 0 aliphatic heterocycles. The zero-order valence-corrected chi connectivity index (χ0v) is 14.3. The fourth-order valence-corrected chi connectivity index (χ4v) is 2.54. The maximum atomic E-state index is 12.3. The number of benzene rings is 1. The maximum absolute atomic E-state index is 12.3. The van der Waals surface area contributed by atoms with Gasteiger partial charge in [-0.15, -0.1) is 0 Å². The van der Waals surface area contributed by atoms with Crippen LogP contribution >= 0.6 is 27.5 Å². The van der Waals surface area contributed by atoms with Crippen LogP contribution < -0.4 is 5.32 Å².